The molecule has 3 aromatic rings. The van der Waals surface area contributed by atoms with E-state index in [1.807, 2.05) is 37.3 Å². The van der Waals surface area contributed by atoms with Crippen LogP contribution in [0, 0.1) is 6.92 Å². The van der Waals surface area contributed by atoms with E-state index in [2.05, 4.69) is 25.8 Å². The Balaban J connectivity index is 1.69. The minimum Gasteiger partial charge on any atom is -0.374 e. The van der Waals surface area contributed by atoms with Crippen LogP contribution in [0.25, 0.3) is 5.69 Å². The molecule has 0 saturated heterocycles. The van der Waals surface area contributed by atoms with Gasteiger partial charge in [0.25, 0.3) is 0 Å². The summed E-state index contributed by atoms with van der Waals surface area (Å²) in [6.07, 6.45) is 1.53. The van der Waals surface area contributed by atoms with Crippen LogP contribution in [0.2, 0.25) is 5.15 Å². The Kier molecular flexibility index (Phi) is 5.05. The molecule has 3 rings (SSSR count). The summed E-state index contributed by atoms with van der Waals surface area (Å²) in [5.41, 5.74) is 10.2. The lowest BCUT2D eigenvalue weighted by molar-refractivity contribution is -0.120. The second kappa shape index (κ2) is 7.41. The first-order chi connectivity index (χ1) is 12.0. The summed E-state index contributed by atoms with van der Waals surface area (Å²) < 4.78 is 1.72. The number of carbonyl (C=O) groups excluding carboxylic acids is 1. The molecule has 0 unspecified atom stereocenters. The number of amides is 1. The number of hydrogen-bond donors (Lipinski definition) is 2. The molecule has 0 aliphatic rings. The van der Waals surface area contributed by atoms with Crippen LogP contribution in [0.1, 0.15) is 16.3 Å². The highest BCUT2D eigenvalue weighted by Crippen LogP contribution is 2.20. The molecule has 1 aromatic carbocycles. The van der Waals surface area contributed by atoms with Gasteiger partial charge in [0, 0.05) is 0 Å². The third-order valence-electron chi connectivity index (χ3n) is 3.30. The molecule has 10 heteroatoms. The normalized spacial score (nSPS) is 11.1. The zero-order chi connectivity index (χ0) is 17.8. The number of nitrogens with zero attached hydrogens (tertiary/aromatic N) is 5. The van der Waals surface area contributed by atoms with Crippen molar-refractivity contribution < 1.29 is 4.79 Å². The smallest absolute Gasteiger partial charge is 0.247 e. The van der Waals surface area contributed by atoms with Gasteiger partial charge in [-0.2, -0.15) is 10.2 Å². The molecule has 0 aliphatic heterocycles. The molecule has 0 radical (unpaired) electrons. The predicted molar refractivity (Wildman–Crippen MR) is 97.1 cm³/mol. The number of hydrogen-bond acceptors (Lipinski definition) is 7. The molecule has 2 aromatic heterocycles. The molecule has 3 N–H and O–H groups in total. The number of benzene rings is 1. The summed E-state index contributed by atoms with van der Waals surface area (Å²) in [6, 6.07) is 9.60. The van der Waals surface area contributed by atoms with Crippen LogP contribution in [0.5, 0.6) is 0 Å². The Hall–Kier alpha value is -2.78. The van der Waals surface area contributed by atoms with E-state index < -0.39 is 0 Å². The lowest BCUT2D eigenvalue weighted by atomic mass is 10.2. The van der Waals surface area contributed by atoms with Crippen molar-refractivity contribution in [1.82, 2.24) is 25.4 Å². The van der Waals surface area contributed by atoms with Crippen LogP contribution in [-0.4, -0.2) is 32.1 Å². The SMILES string of the molecule is Cc1c(/C=N/NC(=O)Cc2nnc(N)s2)c(Cl)nn1-c1ccccc1. The van der Waals surface area contributed by atoms with Gasteiger partial charge in [-0.25, -0.2) is 10.1 Å². The molecule has 0 aliphatic carbocycles. The Morgan fingerprint density at radius 1 is 1.40 bits per heavy atom. The third kappa shape index (κ3) is 4.01. The zero-order valence-electron chi connectivity index (χ0n) is 13.2. The quantitative estimate of drug-likeness (QED) is 0.523. The van der Waals surface area contributed by atoms with Crippen LogP contribution in [0.15, 0.2) is 35.4 Å². The lowest BCUT2D eigenvalue weighted by Gasteiger charge is -2.03. The molecule has 25 heavy (non-hydrogen) atoms. The average Bonchev–Trinajstić information content (AvgIpc) is 3.13. The number of hydrazone groups is 1. The van der Waals surface area contributed by atoms with Crippen molar-refractivity contribution >= 4 is 40.2 Å². The van der Waals surface area contributed by atoms with Gasteiger partial charge in [-0.05, 0) is 19.1 Å². The second-order valence-corrected chi connectivity index (χ2v) is 6.49. The van der Waals surface area contributed by atoms with E-state index >= 15 is 0 Å². The highest BCUT2D eigenvalue weighted by Gasteiger charge is 2.13. The summed E-state index contributed by atoms with van der Waals surface area (Å²) in [5, 5.41) is 16.8. The Morgan fingerprint density at radius 3 is 2.84 bits per heavy atom. The van der Waals surface area contributed by atoms with Gasteiger partial charge in [-0.15, -0.1) is 10.2 Å². The number of nitrogen functional groups attached to an aromatic ring is 1. The van der Waals surface area contributed by atoms with Crippen LogP contribution in [-0.2, 0) is 11.2 Å². The summed E-state index contributed by atoms with van der Waals surface area (Å²) in [7, 11) is 0. The third-order valence-corrected chi connectivity index (χ3v) is 4.33. The minimum atomic E-state index is -0.323. The number of para-hydroxylation sites is 1. The van der Waals surface area contributed by atoms with Gasteiger partial charge in [0.05, 0.1) is 29.6 Å². The lowest BCUT2D eigenvalue weighted by Crippen LogP contribution is -2.19. The fraction of sp³-hybridized carbons (Fsp3) is 0.133. The summed E-state index contributed by atoms with van der Waals surface area (Å²) >= 11 is 7.34. The number of nitrogens with one attached hydrogen (secondary N) is 1. The molecule has 128 valence electrons. The summed E-state index contributed by atoms with van der Waals surface area (Å²) in [6.45, 7) is 1.87. The van der Waals surface area contributed by atoms with Gasteiger partial charge in [0.1, 0.15) is 5.01 Å². The van der Waals surface area contributed by atoms with E-state index in [0.29, 0.717) is 20.9 Å². The molecule has 0 bridgehead atoms. The van der Waals surface area contributed by atoms with Gasteiger partial charge < -0.3 is 5.73 Å². The van der Waals surface area contributed by atoms with Gasteiger partial charge >= 0.3 is 0 Å². The molecule has 0 fully saturated rings. The van der Waals surface area contributed by atoms with Crippen molar-refractivity contribution in [2.75, 3.05) is 5.73 Å². The van der Waals surface area contributed by atoms with Gasteiger partial charge in [-0.1, -0.05) is 41.1 Å². The van der Waals surface area contributed by atoms with Crippen molar-refractivity contribution in [2.45, 2.75) is 13.3 Å². The first kappa shape index (κ1) is 17.1. The standard InChI is InChI=1S/C15H14ClN7OS/c1-9-11(14(16)22-23(9)10-5-3-2-4-6-10)8-18-19-12(24)7-13-20-21-15(17)25-13/h2-6,8H,7H2,1H3,(H2,17,21)(H,19,24)/b18-8+. The maximum absolute atomic E-state index is 11.8. The Labute approximate surface area is 152 Å². The zero-order valence-corrected chi connectivity index (χ0v) is 14.8. The molecule has 0 atom stereocenters. The monoisotopic (exact) mass is 375 g/mol. The maximum Gasteiger partial charge on any atom is 0.247 e. The molecule has 8 nitrogen and oxygen atoms in total. The molecule has 0 saturated carbocycles. The Morgan fingerprint density at radius 2 is 2.16 bits per heavy atom. The van der Waals surface area contributed by atoms with E-state index in [1.165, 1.54) is 6.21 Å². The van der Waals surface area contributed by atoms with Crippen LogP contribution >= 0.6 is 22.9 Å². The number of rotatable bonds is 5. The highest BCUT2D eigenvalue weighted by molar-refractivity contribution is 7.15. The van der Waals surface area contributed by atoms with Gasteiger partial charge in [0.15, 0.2) is 5.15 Å². The first-order valence-electron chi connectivity index (χ1n) is 7.25. The fourth-order valence-corrected chi connectivity index (χ4v) is 3.00. The van der Waals surface area contributed by atoms with E-state index in [1.54, 1.807) is 4.68 Å². The maximum atomic E-state index is 11.8. The van der Waals surface area contributed by atoms with Crippen molar-refractivity contribution in [3.05, 3.63) is 51.7 Å². The van der Waals surface area contributed by atoms with Crippen molar-refractivity contribution in [2.24, 2.45) is 5.10 Å². The van der Waals surface area contributed by atoms with E-state index in [9.17, 15) is 4.79 Å². The average molecular weight is 376 g/mol. The summed E-state index contributed by atoms with van der Waals surface area (Å²) in [4.78, 5) is 11.8. The second-order valence-electron chi connectivity index (χ2n) is 5.04. The van der Waals surface area contributed by atoms with E-state index in [-0.39, 0.29) is 12.3 Å². The first-order valence-corrected chi connectivity index (χ1v) is 8.44. The Bertz CT molecular complexity index is 919. The van der Waals surface area contributed by atoms with Crippen LogP contribution in [0.3, 0.4) is 0 Å². The number of halogens is 1. The topological polar surface area (TPSA) is 111 Å². The number of carbonyl (C=O) groups is 1. The molecular formula is C15H14ClN7OS. The number of aromatic nitrogens is 4. The largest absolute Gasteiger partial charge is 0.374 e. The van der Waals surface area contributed by atoms with Gasteiger partial charge in [0.2, 0.25) is 11.0 Å². The van der Waals surface area contributed by atoms with E-state index in [0.717, 1.165) is 22.7 Å². The molecule has 0 spiro atoms. The highest BCUT2D eigenvalue weighted by atomic mass is 35.5. The predicted octanol–water partition coefficient (Wildman–Crippen LogP) is 1.96. The number of anilines is 1. The van der Waals surface area contributed by atoms with Crippen molar-refractivity contribution in [1.29, 1.82) is 0 Å². The van der Waals surface area contributed by atoms with Crippen LogP contribution in [0.4, 0.5) is 5.13 Å². The number of nitrogens with two attached hydrogens (primary N) is 1. The fourth-order valence-electron chi connectivity index (χ4n) is 2.13. The van der Waals surface area contributed by atoms with Gasteiger partial charge in [-0.3, -0.25) is 4.79 Å². The molecule has 1 amide bonds. The summed E-state index contributed by atoms with van der Waals surface area (Å²) in [5.74, 6) is -0.323. The molecule has 2 heterocycles. The molecular weight excluding hydrogens is 362 g/mol. The van der Waals surface area contributed by atoms with E-state index in [4.69, 9.17) is 17.3 Å². The van der Waals surface area contributed by atoms with Crippen molar-refractivity contribution in [3.63, 3.8) is 0 Å². The minimum absolute atomic E-state index is 0.0577. The van der Waals surface area contributed by atoms with Crippen LogP contribution < -0.4 is 11.2 Å². The van der Waals surface area contributed by atoms with Crippen molar-refractivity contribution in [3.8, 4) is 5.69 Å².